The van der Waals surface area contributed by atoms with Gasteiger partial charge in [-0.3, -0.25) is 0 Å². The predicted molar refractivity (Wildman–Crippen MR) is 86.5 cm³/mol. The maximum absolute atomic E-state index is 5.34. The molecule has 4 nitrogen and oxygen atoms in total. The lowest BCUT2D eigenvalue weighted by atomic mass is 10.1. The lowest BCUT2D eigenvalue weighted by Crippen LogP contribution is -2.29. The Kier molecular flexibility index (Phi) is 6.02. The zero-order valence-corrected chi connectivity index (χ0v) is 13.6. The molecule has 1 unspecified atom stereocenters. The third kappa shape index (κ3) is 4.72. The van der Waals surface area contributed by atoms with Crippen molar-refractivity contribution in [1.82, 2.24) is 10.3 Å². The molecule has 5 heteroatoms. The second-order valence-corrected chi connectivity index (χ2v) is 5.90. The van der Waals surface area contributed by atoms with Gasteiger partial charge in [-0.2, -0.15) is 0 Å². The molecule has 0 amide bonds. The first-order valence-electron chi connectivity index (χ1n) is 7.05. The van der Waals surface area contributed by atoms with E-state index in [1.807, 2.05) is 23.7 Å². The maximum Gasteiger partial charge on any atom is 0.160 e. The lowest BCUT2D eigenvalue weighted by molar-refractivity contribution is 0.354. The number of thiazole rings is 1. The van der Waals surface area contributed by atoms with Crippen molar-refractivity contribution < 1.29 is 9.47 Å². The van der Waals surface area contributed by atoms with E-state index in [0.29, 0.717) is 6.04 Å². The molecule has 1 N–H and O–H groups in total. The van der Waals surface area contributed by atoms with Crippen molar-refractivity contribution in [2.24, 2.45) is 0 Å². The van der Waals surface area contributed by atoms with Gasteiger partial charge in [0.05, 0.1) is 19.2 Å². The van der Waals surface area contributed by atoms with Crippen LogP contribution < -0.4 is 14.8 Å². The van der Waals surface area contributed by atoms with Gasteiger partial charge in [0.2, 0.25) is 0 Å². The van der Waals surface area contributed by atoms with Crippen LogP contribution in [0.2, 0.25) is 0 Å². The molecule has 21 heavy (non-hydrogen) atoms. The van der Waals surface area contributed by atoms with Crippen LogP contribution in [0.25, 0.3) is 0 Å². The molecule has 1 aromatic carbocycles. The van der Waals surface area contributed by atoms with Gasteiger partial charge in [0.25, 0.3) is 0 Å². The maximum atomic E-state index is 5.34. The van der Waals surface area contributed by atoms with Gasteiger partial charge in [-0.25, -0.2) is 4.98 Å². The van der Waals surface area contributed by atoms with Crippen molar-refractivity contribution in [3.05, 3.63) is 40.3 Å². The predicted octanol–water partition coefficient (Wildman–Crippen LogP) is 2.92. The molecule has 2 aromatic rings. The van der Waals surface area contributed by atoms with Crippen LogP contribution in [-0.4, -0.2) is 31.8 Å². The summed E-state index contributed by atoms with van der Waals surface area (Å²) in [6.07, 6.45) is 3.79. The third-order valence-electron chi connectivity index (χ3n) is 3.30. The van der Waals surface area contributed by atoms with Crippen molar-refractivity contribution in [2.45, 2.75) is 25.8 Å². The molecule has 0 aliphatic carbocycles. The number of ether oxygens (including phenoxy) is 2. The van der Waals surface area contributed by atoms with Crippen LogP contribution in [0.15, 0.2) is 29.8 Å². The second kappa shape index (κ2) is 8.00. The zero-order chi connectivity index (χ0) is 15.1. The van der Waals surface area contributed by atoms with Gasteiger partial charge in [0, 0.05) is 30.6 Å². The summed E-state index contributed by atoms with van der Waals surface area (Å²) in [6.45, 7) is 3.14. The Morgan fingerprint density at radius 1 is 1.24 bits per heavy atom. The van der Waals surface area contributed by atoms with Crippen molar-refractivity contribution in [3.63, 3.8) is 0 Å². The van der Waals surface area contributed by atoms with E-state index in [1.54, 1.807) is 25.6 Å². The van der Waals surface area contributed by atoms with E-state index in [2.05, 4.69) is 23.3 Å². The monoisotopic (exact) mass is 306 g/mol. The minimum Gasteiger partial charge on any atom is -0.493 e. The van der Waals surface area contributed by atoms with E-state index in [0.717, 1.165) is 30.9 Å². The second-order valence-electron chi connectivity index (χ2n) is 4.92. The summed E-state index contributed by atoms with van der Waals surface area (Å²) >= 11 is 1.71. The number of nitrogens with one attached hydrogen (secondary N) is 1. The van der Waals surface area contributed by atoms with Crippen molar-refractivity contribution in [1.29, 1.82) is 0 Å². The minimum atomic E-state index is 0.406. The van der Waals surface area contributed by atoms with E-state index < -0.39 is 0 Å². The summed E-state index contributed by atoms with van der Waals surface area (Å²) in [5, 5.41) is 6.73. The van der Waals surface area contributed by atoms with Crippen LogP contribution in [0.4, 0.5) is 0 Å². The average molecular weight is 306 g/mol. The van der Waals surface area contributed by atoms with Crippen LogP contribution in [-0.2, 0) is 12.8 Å². The molecule has 1 heterocycles. The first kappa shape index (κ1) is 15.8. The standard InChI is InChI=1S/C16H22N2O2S/c1-12(17-7-6-16-18-8-9-21-16)10-13-4-5-14(19-2)15(11-13)20-3/h4-5,8-9,11-12,17H,6-7,10H2,1-3H3. The highest BCUT2D eigenvalue weighted by atomic mass is 32.1. The number of nitrogens with zero attached hydrogens (tertiary/aromatic N) is 1. The van der Waals surface area contributed by atoms with Crippen LogP contribution in [0.3, 0.4) is 0 Å². The van der Waals surface area contributed by atoms with E-state index in [-0.39, 0.29) is 0 Å². The average Bonchev–Trinajstić information content (AvgIpc) is 3.00. The van der Waals surface area contributed by atoms with Crippen molar-refractivity contribution in [2.75, 3.05) is 20.8 Å². The van der Waals surface area contributed by atoms with Crippen molar-refractivity contribution >= 4 is 11.3 Å². The number of hydrogen-bond acceptors (Lipinski definition) is 5. The Hall–Kier alpha value is -1.59. The first-order chi connectivity index (χ1) is 10.2. The van der Waals surface area contributed by atoms with E-state index in [1.165, 1.54) is 10.6 Å². The van der Waals surface area contributed by atoms with Gasteiger partial charge in [-0.15, -0.1) is 11.3 Å². The molecular weight excluding hydrogens is 284 g/mol. The smallest absolute Gasteiger partial charge is 0.160 e. The van der Waals surface area contributed by atoms with E-state index in [9.17, 15) is 0 Å². The Morgan fingerprint density at radius 2 is 2.05 bits per heavy atom. The van der Waals surface area contributed by atoms with Gasteiger partial charge in [0.1, 0.15) is 0 Å². The summed E-state index contributed by atoms with van der Waals surface area (Å²) in [4.78, 5) is 4.29. The molecule has 0 spiro atoms. The summed E-state index contributed by atoms with van der Waals surface area (Å²) in [5.41, 5.74) is 1.24. The highest BCUT2D eigenvalue weighted by Gasteiger charge is 2.08. The Balaban J connectivity index is 1.83. The molecule has 0 radical (unpaired) electrons. The van der Waals surface area contributed by atoms with Gasteiger partial charge in [0.15, 0.2) is 11.5 Å². The molecule has 0 saturated heterocycles. The molecule has 0 aliphatic rings. The summed E-state index contributed by atoms with van der Waals surface area (Å²) < 4.78 is 10.6. The third-order valence-corrected chi connectivity index (χ3v) is 4.14. The molecule has 1 aromatic heterocycles. The Bertz CT molecular complexity index is 543. The van der Waals surface area contributed by atoms with Crippen LogP contribution in [0.5, 0.6) is 11.5 Å². The number of rotatable bonds is 8. The summed E-state index contributed by atoms with van der Waals surface area (Å²) in [5.74, 6) is 1.55. The lowest BCUT2D eigenvalue weighted by Gasteiger charge is -2.15. The molecular formula is C16H22N2O2S. The highest BCUT2D eigenvalue weighted by Crippen LogP contribution is 2.27. The number of methoxy groups -OCH3 is 2. The minimum absolute atomic E-state index is 0.406. The molecule has 2 rings (SSSR count). The van der Waals surface area contributed by atoms with Crippen LogP contribution in [0, 0.1) is 0 Å². The van der Waals surface area contributed by atoms with Crippen LogP contribution in [0.1, 0.15) is 17.5 Å². The highest BCUT2D eigenvalue weighted by molar-refractivity contribution is 7.09. The van der Waals surface area contributed by atoms with Gasteiger partial charge < -0.3 is 14.8 Å². The summed E-state index contributed by atoms with van der Waals surface area (Å²) in [7, 11) is 3.32. The molecule has 114 valence electrons. The Morgan fingerprint density at radius 3 is 2.71 bits per heavy atom. The molecule has 1 atom stereocenters. The van der Waals surface area contributed by atoms with E-state index in [4.69, 9.17) is 9.47 Å². The van der Waals surface area contributed by atoms with Gasteiger partial charge in [-0.05, 0) is 31.0 Å². The number of aromatic nitrogens is 1. The fourth-order valence-electron chi connectivity index (χ4n) is 2.24. The van der Waals surface area contributed by atoms with Crippen LogP contribution >= 0.6 is 11.3 Å². The molecule has 0 saturated carbocycles. The van der Waals surface area contributed by atoms with Gasteiger partial charge in [-0.1, -0.05) is 6.07 Å². The van der Waals surface area contributed by atoms with Gasteiger partial charge >= 0.3 is 0 Å². The molecule has 0 aliphatic heterocycles. The largest absolute Gasteiger partial charge is 0.493 e. The molecule has 0 bridgehead atoms. The Labute approximate surface area is 130 Å². The van der Waals surface area contributed by atoms with Crippen molar-refractivity contribution in [3.8, 4) is 11.5 Å². The first-order valence-corrected chi connectivity index (χ1v) is 7.93. The topological polar surface area (TPSA) is 43.4 Å². The zero-order valence-electron chi connectivity index (χ0n) is 12.8. The number of hydrogen-bond donors (Lipinski definition) is 1. The normalized spacial score (nSPS) is 12.1. The quantitative estimate of drug-likeness (QED) is 0.814. The fraction of sp³-hybridized carbons (Fsp3) is 0.438. The van der Waals surface area contributed by atoms with E-state index >= 15 is 0 Å². The summed E-state index contributed by atoms with van der Waals surface area (Å²) in [6, 6.07) is 6.48. The SMILES string of the molecule is COc1ccc(CC(C)NCCc2nccs2)cc1OC. The number of benzene rings is 1. The molecule has 0 fully saturated rings. The fourth-order valence-corrected chi connectivity index (χ4v) is 2.86.